The highest BCUT2D eigenvalue weighted by Crippen LogP contribution is 2.32. The lowest BCUT2D eigenvalue weighted by atomic mass is 9.87. The van der Waals surface area contributed by atoms with Crippen LogP contribution in [-0.2, 0) is 11.2 Å². The molecule has 0 fully saturated rings. The van der Waals surface area contributed by atoms with Crippen molar-refractivity contribution in [3.05, 3.63) is 42.0 Å². The SMILES string of the molecule is C=CCNC(=O)COc1ccc2c(c1)C(NCC)CCC2. The molecule has 1 aliphatic carbocycles. The number of hydrogen-bond donors (Lipinski definition) is 2. The van der Waals surface area contributed by atoms with Gasteiger partial charge in [-0.3, -0.25) is 4.79 Å². The van der Waals surface area contributed by atoms with Crippen LogP contribution in [0.25, 0.3) is 0 Å². The van der Waals surface area contributed by atoms with Gasteiger partial charge in [-0.1, -0.05) is 19.1 Å². The third kappa shape index (κ3) is 4.33. The molecule has 1 aliphatic rings. The van der Waals surface area contributed by atoms with Gasteiger partial charge < -0.3 is 15.4 Å². The molecule has 0 spiro atoms. The molecule has 4 nitrogen and oxygen atoms in total. The number of benzene rings is 1. The maximum atomic E-state index is 11.5. The quantitative estimate of drug-likeness (QED) is 0.757. The van der Waals surface area contributed by atoms with E-state index in [0.717, 1.165) is 25.1 Å². The lowest BCUT2D eigenvalue weighted by Gasteiger charge is -2.26. The first-order chi connectivity index (χ1) is 10.2. The molecule has 0 saturated carbocycles. The van der Waals surface area contributed by atoms with E-state index in [1.165, 1.54) is 17.5 Å². The molecule has 1 aromatic rings. The second-order valence-electron chi connectivity index (χ2n) is 5.24. The van der Waals surface area contributed by atoms with E-state index >= 15 is 0 Å². The smallest absolute Gasteiger partial charge is 0.258 e. The molecule has 1 atom stereocenters. The van der Waals surface area contributed by atoms with Gasteiger partial charge in [0.25, 0.3) is 5.91 Å². The van der Waals surface area contributed by atoms with Gasteiger partial charge in [-0.05, 0) is 49.1 Å². The fourth-order valence-corrected chi connectivity index (χ4v) is 2.71. The second kappa shape index (κ2) is 7.84. The number of fused-ring (bicyclic) bond motifs is 1. The second-order valence-corrected chi connectivity index (χ2v) is 5.24. The molecule has 2 N–H and O–H groups in total. The molecule has 1 amide bonds. The van der Waals surface area contributed by atoms with E-state index in [1.807, 2.05) is 6.07 Å². The average molecular weight is 288 g/mol. The summed E-state index contributed by atoms with van der Waals surface area (Å²) in [4.78, 5) is 11.5. The summed E-state index contributed by atoms with van der Waals surface area (Å²) >= 11 is 0. The molecule has 0 heterocycles. The Morgan fingerprint density at radius 1 is 1.52 bits per heavy atom. The predicted molar refractivity (Wildman–Crippen MR) is 84.5 cm³/mol. The van der Waals surface area contributed by atoms with Crippen molar-refractivity contribution in [2.45, 2.75) is 32.2 Å². The zero-order chi connectivity index (χ0) is 15.1. The number of rotatable bonds is 7. The van der Waals surface area contributed by atoms with E-state index < -0.39 is 0 Å². The van der Waals surface area contributed by atoms with Gasteiger partial charge in [0.2, 0.25) is 0 Å². The molecule has 0 bridgehead atoms. The Morgan fingerprint density at radius 2 is 2.38 bits per heavy atom. The first kappa shape index (κ1) is 15.6. The average Bonchev–Trinajstić information content (AvgIpc) is 2.51. The van der Waals surface area contributed by atoms with Gasteiger partial charge in [-0.25, -0.2) is 0 Å². The Balaban J connectivity index is 2.00. The largest absolute Gasteiger partial charge is 0.484 e. The monoisotopic (exact) mass is 288 g/mol. The Hall–Kier alpha value is -1.81. The summed E-state index contributed by atoms with van der Waals surface area (Å²) in [7, 11) is 0. The molecule has 1 aromatic carbocycles. The number of nitrogens with one attached hydrogen (secondary N) is 2. The first-order valence-corrected chi connectivity index (χ1v) is 7.61. The molecule has 0 saturated heterocycles. The van der Waals surface area contributed by atoms with Crippen LogP contribution in [0, 0.1) is 0 Å². The lowest BCUT2D eigenvalue weighted by Crippen LogP contribution is -2.29. The van der Waals surface area contributed by atoms with Crippen LogP contribution in [-0.4, -0.2) is 25.6 Å². The summed E-state index contributed by atoms with van der Waals surface area (Å²) in [5.74, 6) is 0.628. The third-order valence-corrected chi connectivity index (χ3v) is 3.70. The van der Waals surface area contributed by atoms with Gasteiger partial charge in [-0.2, -0.15) is 0 Å². The number of aryl methyl sites for hydroxylation is 1. The molecular formula is C17H24N2O2. The molecule has 21 heavy (non-hydrogen) atoms. The van der Waals surface area contributed by atoms with Crippen molar-refractivity contribution in [1.29, 1.82) is 0 Å². The molecule has 0 aliphatic heterocycles. The minimum Gasteiger partial charge on any atom is -0.484 e. The van der Waals surface area contributed by atoms with E-state index in [1.54, 1.807) is 6.08 Å². The predicted octanol–water partition coefficient (Wildman–Crippen LogP) is 2.35. The highest BCUT2D eigenvalue weighted by atomic mass is 16.5. The van der Waals surface area contributed by atoms with Crippen molar-refractivity contribution < 1.29 is 9.53 Å². The van der Waals surface area contributed by atoms with E-state index in [2.05, 4.69) is 36.3 Å². The molecule has 2 rings (SSSR count). The van der Waals surface area contributed by atoms with Crippen LogP contribution in [0.3, 0.4) is 0 Å². The summed E-state index contributed by atoms with van der Waals surface area (Å²) in [6.45, 7) is 7.15. The van der Waals surface area contributed by atoms with Crippen molar-refractivity contribution in [3.8, 4) is 5.75 Å². The van der Waals surface area contributed by atoms with Gasteiger partial charge in [0.15, 0.2) is 6.61 Å². The van der Waals surface area contributed by atoms with E-state index in [4.69, 9.17) is 4.74 Å². The van der Waals surface area contributed by atoms with Crippen molar-refractivity contribution in [2.75, 3.05) is 19.7 Å². The molecule has 4 heteroatoms. The summed E-state index contributed by atoms with van der Waals surface area (Å²) in [6.07, 6.45) is 5.15. The molecule has 0 radical (unpaired) electrons. The van der Waals surface area contributed by atoms with Crippen LogP contribution < -0.4 is 15.4 Å². The summed E-state index contributed by atoms with van der Waals surface area (Å²) in [5, 5.41) is 6.21. The fraction of sp³-hybridized carbons (Fsp3) is 0.471. The zero-order valence-electron chi connectivity index (χ0n) is 12.7. The van der Waals surface area contributed by atoms with Crippen LogP contribution in [0.1, 0.15) is 36.9 Å². The van der Waals surface area contributed by atoms with Crippen LogP contribution in [0.4, 0.5) is 0 Å². The normalized spacial score (nSPS) is 16.9. The van der Waals surface area contributed by atoms with Crippen LogP contribution >= 0.6 is 0 Å². The summed E-state index contributed by atoms with van der Waals surface area (Å²) < 4.78 is 5.58. The fourth-order valence-electron chi connectivity index (χ4n) is 2.71. The maximum Gasteiger partial charge on any atom is 0.258 e. The van der Waals surface area contributed by atoms with Crippen molar-refractivity contribution >= 4 is 5.91 Å². The van der Waals surface area contributed by atoms with Gasteiger partial charge in [-0.15, -0.1) is 6.58 Å². The number of hydrogen-bond acceptors (Lipinski definition) is 3. The van der Waals surface area contributed by atoms with Gasteiger partial charge >= 0.3 is 0 Å². The van der Waals surface area contributed by atoms with E-state index in [0.29, 0.717) is 12.6 Å². The Bertz CT molecular complexity index is 500. The van der Waals surface area contributed by atoms with Gasteiger partial charge in [0.05, 0.1) is 0 Å². The van der Waals surface area contributed by atoms with Crippen LogP contribution in [0.15, 0.2) is 30.9 Å². The highest BCUT2D eigenvalue weighted by molar-refractivity contribution is 5.77. The number of carbonyl (C=O) groups is 1. The lowest BCUT2D eigenvalue weighted by molar-refractivity contribution is -0.122. The minimum absolute atomic E-state index is 0.0402. The van der Waals surface area contributed by atoms with Crippen LogP contribution in [0.5, 0.6) is 5.75 Å². The van der Waals surface area contributed by atoms with Gasteiger partial charge in [0, 0.05) is 12.6 Å². The van der Waals surface area contributed by atoms with Gasteiger partial charge in [0.1, 0.15) is 5.75 Å². The Morgan fingerprint density at radius 3 is 3.14 bits per heavy atom. The molecular weight excluding hydrogens is 264 g/mol. The van der Waals surface area contributed by atoms with E-state index in [-0.39, 0.29) is 12.5 Å². The molecule has 1 unspecified atom stereocenters. The van der Waals surface area contributed by atoms with Crippen molar-refractivity contribution in [3.63, 3.8) is 0 Å². The summed E-state index contributed by atoms with van der Waals surface area (Å²) in [6, 6.07) is 6.55. The van der Waals surface area contributed by atoms with E-state index in [9.17, 15) is 4.79 Å². The summed E-state index contributed by atoms with van der Waals surface area (Å²) in [5.41, 5.74) is 2.70. The number of amides is 1. The topological polar surface area (TPSA) is 50.4 Å². The number of carbonyl (C=O) groups excluding carboxylic acids is 1. The molecule has 0 aromatic heterocycles. The Kier molecular flexibility index (Phi) is 5.81. The van der Waals surface area contributed by atoms with Crippen molar-refractivity contribution in [2.24, 2.45) is 0 Å². The Labute approximate surface area is 126 Å². The van der Waals surface area contributed by atoms with Crippen LogP contribution in [0.2, 0.25) is 0 Å². The number of ether oxygens (including phenoxy) is 1. The first-order valence-electron chi connectivity index (χ1n) is 7.61. The third-order valence-electron chi connectivity index (χ3n) is 3.70. The zero-order valence-corrected chi connectivity index (χ0v) is 12.7. The standard InChI is InChI=1S/C17H24N2O2/c1-3-10-19-17(20)12-21-14-9-8-13-6-5-7-16(18-4-2)15(13)11-14/h3,8-9,11,16,18H,1,4-7,10,12H2,2H3,(H,19,20). The highest BCUT2D eigenvalue weighted by Gasteiger charge is 2.19. The maximum absolute atomic E-state index is 11.5. The molecule has 114 valence electrons. The minimum atomic E-state index is -0.129. The van der Waals surface area contributed by atoms with Crippen molar-refractivity contribution in [1.82, 2.24) is 10.6 Å².